The third kappa shape index (κ3) is 2.62. The third-order valence-corrected chi connectivity index (χ3v) is 4.09. The molecule has 0 atom stereocenters. The minimum absolute atomic E-state index is 0.0374. The largest absolute Gasteiger partial charge is 0.352 e. The molecule has 0 aliphatic carbocycles. The number of nitrogens with one attached hydrogen (secondary N) is 2. The quantitative estimate of drug-likeness (QED) is 0.777. The Bertz CT molecular complexity index is 809. The maximum absolute atomic E-state index is 12.3. The molecule has 3 aromatic rings. The van der Waals surface area contributed by atoms with Gasteiger partial charge in [-0.1, -0.05) is 0 Å². The fraction of sp³-hybridized carbons (Fsp3) is 0.294. The van der Waals surface area contributed by atoms with Gasteiger partial charge in [-0.15, -0.1) is 0 Å². The first kappa shape index (κ1) is 14.4. The zero-order valence-electron chi connectivity index (χ0n) is 13.1. The fourth-order valence-electron chi connectivity index (χ4n) is 2.77. The number of carbonyl (C=O) groups excluding carboxylic acids is 1. The lowest BCUT2D eigenvalue weighted by atomic mass is 10.1. The number of carbonyl (C=O) groups is 1. The van der Waals surface area contributed by atoms with E-state index >= 15 is 0 Å². The van der Waals surface area contributed by atoms with E-state index in [-0.39, 0.29) is 5.91 Å². The Labute approximate surface area is 129 Å². The summed E-state index contributed by atoms with van der Waals surface area (Å²) in [7, 11) is 2.00. The second-order valence-electron chi connectivity index (χ2n) is 5.62. The van der Waals surface area contributed by atoms with Crippen LogP contribution in [0.2, 0.25) is 0 Å². The maximum Gasteiger partial charge on any atom is 0.251 e. The molecule has 0 radical (unpaired) electrons. The van der Waals surface area contributed by atoms with E-state index in [0.717, 1.165) is 28.7 Å². The summed E-state index contributed by atoms with van der Waals surface area (Å²) in [6, 6.07) is 7.80. The molecule has 3 rings (SSSR count). The van der Waals surface area contributed by atoms with E-state index in [9.17, 15) is 4.79 Å². The van der Waals surface area contributed by atoms with Crippen molar-refractivity contribution in [2.75, 3.05) is 6.54 Å². The van der Waals surface area contributed by atoms with E-state index in [1.807, 2.05) is 55.9 Å². The number of aryl methyl sites for hydroxylation is 3. The van der Waals surface area contributed by atoms with Crippen LogP contribution in [0.25, 0.3) is 10.9 Å². The first-order valence-electron chi connectivity index (χ1n) is 7.40. The highest BCUT2D eigenvalue weighted by Crippen LogP contribution is 2.16. The highest BCUT2D eigenvalue weighted by molar-refractivity contribution is 5.98. The summed E-state index contributed by atoms with van der Waals surface area (Å²) < 4.78 is 2.04. The van der Waals surface area contributed by atoms with Gasteiger partial charge in [-0.05, 0) is 50.1 Å². The molecule has 1 aromatic carbocycles. The van der Waals surface area contributed by atoms with Gasteiger partial charge in [-0.25, -0.2) is 0 Å². The summed E-state index contributed by atoms with van der Waals surface area (Å²) in [5.41, 5.74) is 5.06. The number of amides is 1. The second kappa shape index (κ2) is 5.67. The minimum atomic E-state index is -0.0374. The predicted molar refractivity (Wildman–Crippen MR) is 87.0 cm³/mol. The molecule has 2 N–H and O–H groups in total. The van der Waals surface area contributed by atoms with Crippen molar-refractivity contribution < 1.29 is 4.79 Å². The monoisotopic (exact) mass is 296 g/mol. The van der Waals surface area contributed by atoms with Crippen molar-refractivity contribution in [1.29, 1.82) is 0 Å². The number of nitrogens with zero attached hydrogens (tertiary/aromatic N) is 2. The number of aromatic amines is 1. The molecule has 0 fully saturated rings. The van der Waals surface area contributed by atoms with E-state index in [1.54, 1.807) is 0 Å². The van der Waals surface area contributed by atoms with Gasteiger partial charge >= 0.3 is 0 Å². The Balaban J connectivity index is 1.66. The molecule has 0 saturated carbocycles. The van der Waals surface area contributed by atoms with Crippen LogP contribution in [0.4, 0.5) is 0 Å². The van der Waals surface area contributed by atoms with Crippen molar-refractivity contribution >= 4 is 16.8 Å². The summed E-state index contributed by atoms with van der Waals surface area (Å²) in [4.78, 5) is 12.3. The van der Waals surface area contributed by atoms with Crippen molar-refractivity contribution in [1.82, 2.24) is 20.1 Å². The second-order valence-corrected chi connectivity index (χ2v) is 5.62. The van der Waals surface area contributed by atoms with Crippen LogP contribution in [0.15, 0.2) is 30.5 Å². The van der Waals surface area contributed by atoms with E-state index < -0.39 is 0 Å². The highest BCUT2D eigenvalue weighted by Gasteiger charge is 2.09. The van der Waals surface area contributed by atoms with Gasteiger partial charge in [-0.3, -0.25) is 9.89 Å². The van der Waals surface area contributed by atoms with E-state index in [1.165, 1.54) is 5.56 Å². The molecule has 5 nitrogen and oxygen atoms in total. The zero-order valence-corrected chi connectivity index (χ0v) is 13.1. The Morgan fingerprint density at radius 1 is 1.32 bits per heavy atom. The Kier molecular flexibility index (Phi) is 3.71. The molecular weight excluding hydrogens is 276 g/mol. The van der Waals surface area contributed by atoms with Crippen molar-refractivity contribution in [3.8, 4) is 0 Å². The van der Waals surface area contributed by atoms with Gasteiger partial charge in [-0.2, -0.15) is 5.10 Å². The molecule has 0 bridgehead atoms. The molecule has 1 amide bonds. The van der Waals surface area contributed by atoms with Crippen LogP contribution in [0.5, 0.6) is 0 Å². The average molecular weight is 296 g/mol. The zero-order chi connectivity index (χ0) is 15.7. The lowest BCUT2D eigenvalue weighted by Crippen LogP contribution is -2.25. The maximum atomic E-state index is 12.3. The molecule has 114 valence electrons. The van der Waals surface area contributed by atoms with Gasteiger partial charge in [0.25, 0.3) is 5.91 Å². The standard InChI is InChI=1S/C17H20N4O/c1-11-15(12(2)20-19-11)6-8-18-17(22)14-4-5-16-13(10-14)7-9-21(16)3/h4-5,7,9-10H,6,8H2,1-3H3,(H,18,22)(H,19,20). The molecule has 5 heteroatoms. The lowest BCUT2D eigenvalue weighted by Gasteiger charge is -2.06. The van der Waals surface area contributed by atoms with Crippen LogP contribution >= 0.6 is 0 Å². The predicted octanol–water partition coefficient (Wildman–Crippen LogP) is 2.49. The number of H-pyrrole nitrogens is 1. The Morgan fingerprint density at radius 2 is 2.14 bits per heavy atom. The summed E-state index contributed by atoms with van der Waals surface area (Å²) in [5.74, 6) is -0.0374. The molecule has 0 unspecified atom stereocenters. The number of fused-ring (bicyclic) bond motifs is 1. The Hall–Kier alpha value is -2.56. The molecule has 0 saturated heterocycles. The molecule has 0 spiro atoms. The average Bonchev–Trinajstić information content (AvgIpc) is 3.03. The van der Waals surface area contributed by atoms with Crippen molar-refractivity contribution in [3.63, 3.8) is 0 Å². The van der Waals surface area contributed by atoms with Gasteiger partial charge in [0, 0.05) is 41.9 Å². The van der Waals surface area contributed by atoms with Crippen molar-refractivity contribution in [2.45, 2.75) is 20.3 Å². The number of hydrogen-bond donors (Lipinski definition) is 2. The van der Waals surface area contributed by atoms with E-state index in [2.05, 4.69) is 15.5 Å². The number of benzene rings is 1. The van der Waals surface area contributed by atoms with Gasteiger partial charge in [0.2, 0.25) is 0 Å². The molecule has 2 heterocycles. The summed E-state index contributed by atoms with van der Waals surface area (Å²) in [6.45, 7) is 4.58. The normalized spacial score (nSPS) is 11.0. The van der Waals surface area contributed by atoms with Gasteiger partial charge in [0.05, 0.1) is 5.69 Å². The molecule has 0 aliphatic heterocycles. The summed E-state index contributed by atoms with van der Waals surface area (Å²) in [5, 5.41) is 11.2. The number of aromatic nitrogens is 3. The van der Waals surface area contributed by atoms with Crippen LogP contribution in [-0.4, -0.2) is 27.2 Å². The first-order valence-corrected chi connectivity index (χ1v) is 7.40. The van der Waals surface area contributed by atoms with Crippen molar-refractivity contribution in [3.05, 3.63) is 53.0 Å². The topological polar surface area (TPSA) is 62.7 Å². The highest BCUT2D eigenvalue weighted by atomic mass is 16.1. The fourth-order valence-corrected chi connectivity index (χ4v) is 2.77. The van der Waals surface area contributed by atoms with Crippen LogP contribution in [0.3, 0.4) is 0 Å². The van der Waals surface area contributed by atoms with E-state index in [4.69, 9.17) is 0 Å². The van der Waals surface area contributed by atoms with Crippen LogP contribution in [0.1, 0.15) is 27.3 Å². The van der Waals surface area contributed by atoms with Crippen LogP contribution in [0, 0.1) is 13.8 Å². The molecular formula is C17H20N4O. The lowest BCUT2D eigenvalue weighted by molar-refractivity contribution is 0.0954. The van der Waals surface area contributed by atoms with Gasteiger partial charge in [0.15, 0.2) is 0 Å². The third-order valence-electron chi connectivity index (χ3n) is 4.09. The molecule has 0 aliphatic rings. The number of rotatable bonds is 4. The Morgan fingerprint density at radius 3 is 2.86 bits per heavy atom. The number of hydrogen-bond acceptors (Lipinski definition) is 2. The van der Waals surface area contributed by atoms with Gasteiger partial charge in [0.1, 0.15) is 0 Å². The summed E-state index contributed by atoms with van der Waals surface area (Å²) in [6.07, 6.45) is 2.78. The van der Waals surface area contributed by atoms with Crippen molar-refractivity contribution in [2.24, 2.45) is 7.05 Å². The van der Waals surface area contributed by atoms with Crippen LogP contribution < -0.4 is 5.32 Å². The minimum Gasteiger partial charge on any atom is -0.352 e. The summed E-state index contributed by atoms with van der Waals surface area (Å²) >= 11 is 0. The smallest absolute Gasteiger partial charge is 0.251 e. The SMILES string of the molecule is Cc1n[nH]c(C)c1CCNC(=O)c1ccc2c(ccn2C)c1. The molecule has 2 aromatic heterocycles. The van der Waals surface area contributed by atoms with E-state index in [0.29, 0.717) is 12.1 Å². The first-order chi connectivity index (χ1) is 10.6. The van der Waals surface area contributed by atoms with Gasteiger partial charge < -0.3 is 9.88 Å². The van der Waals surface area contributed by atoms with Crippen LogP contribution in [-0.2, 0) is 13.5 Å². The molecule has 22 heavy (non-hydrogen) atoms.